The van der Waals surface area contributed by atoms with Crippen molar-refractivity contribution in [3.63, 3.8) is 0 Å². The average molecular weight is 367 g/mol. The van der Waals surface area contributed by atoms with Crippen LogP contribution < -0.4 is 5.32 Å². The highest BCUT2D eigenvalue weighted by atomic mass is 79.9. The molecule has 0 bridgehead atoms. The van der Waals surface area contributed by atoms with Crippen LogP contribution in [-0.2, 0) is 12.8 Å². The van der Waals surface area contributed by atoms with E-state index < -0.39 is 6.09 Å². The second kappa shape index (κ2) is 5.70. The van der Waals surface area contributed by atoms with E-state index in [1.807, 2.05) is 24.3 Å². The number of carboxylic acid groups (broad SMARTS) is 1. The number of hydrogen-bond acceptors (Lipinski definition) is 1. The van der Waals surface area contributed by atoms with Crippen LogP contribution in [0.3, 0.4) is 0 Å². The summed E-state index contributed by atoms with van der Waals surface area (Å²) in [5, 5.41) is 12.1. The fourth-order valence-corrected chi connectivity index (χ4v) is 3.39. The molecule has 1 atom stereocenters. The van der Waals surface area contributed by atoms with Gasteiger partial charge in [-0.25, -0.2) is 4.79 Å². The van der Waals surface area contributed by atoms with Crippen molar-refractivity contribution in [2.24, 2.45) is 0 Å². The van der Waals surface area contributed by atoms with Crippen LogP contribution >= 0.6 is 27.5 Å². The quantitative estimate of drug-likeness (QED) is 0.822. The van der Waals surface area contributed by atoms with E-state index in [9.17, 15) is 4.79 Å². The van der Waals surface area contributed by atoms with Gasteiger partial charge in [0.1, 0.15) is 0 Å². The Morgan fingerprint density at radius 3 is 2.76 bits per heavy atom. The number of nitrogens with one attached hydrogen (secondary N) is 1. The van der Waals surface area contributed by atoms with E-state index in [0.29, 0.717) is 5.02 Å². The number of carbonyl (C=O) groups is 1. The Morgan fingerprint density at radius 2 is 2.00 bits per heavy atom. The number of hydrogen-bond donors (Lipinski definition) is 2. The summed E-state index contributed by atoms with van der Waals surface area (Å²) < 4.78 is 0.868. The van der Waals surface area contributed by atoms with Crippen molar-refractivity contribution in [1.29, 1.82) is 0 Å². The van der Waals surface area contributed by atoms with Gasteiger partial charge in [0, 0.05) is 16.1 Å². The molecule has 0 aliphatic heterocycles. The van der Waals surface area contributed by atoms with Crippen LogP contribution in [0.15, 0.2) is 40.9 Å². The molecule has 3 nitrogen and oxygen atoms in total. The van der Waals surface area contributed by atoms with Crippen LogP contribution in [0.4, 0.5) is 4.79 Å². The van der Waals surface area contributed by atoms with Gasteiger partial charge < -0.3 is 10.4 Å². The lowest BCUT2D eigenvalue weighted by Crippen LogP contribution is -2.33. The van der Waals surface area contributed by atoms with Gasteiger partial charge >= 0.3 is 6.09 Å². The standard InChI is InChI=1S/C16H13BrClNO2/c17-14-3-1-2-13(15(14)18)10-5-4-9-7-12(19-16(20)21)8-11(9)6-10/h1-6,12,19H,7-8H2,(H,20,21). The molecule has 1 unspecified atom stereocenters. The number of amides is 1. The number of benzene rings is 2. The Hall–Kier alpha value is -1.52. The molecule has 0 fully saturated rings. The monoisotopic (exact) mass is 365 g/mol. The van der Waals surface area contributed by atoms with Crippen LogP contribution in [0.5, 0.6) is 0 Å². The van der Waals surface area contributed by atoms with Crippen LogP contribution in [-0.4, -0.2) is 17.2 Å². The Balaban J connectivity index is 1.92. The molecule has 2 N–H and O–H groups in total. The Kier molecular flexibility index (Phi) is 3.91. The van der Waals surface area contributed by atoms with Crippen molar-refractivity contribution in [3.05, 3.63) is 57.0 Å². The molecule has 3 rings (SSSR count). The molecule has 108 valence electrons. The molecule has 1 aliphatic rings. The summed E-state index contributed by atoms with van der Waals surface area (Å²) in [6.07, 6.45) is 0.498. The largest absolute Gasteiger partial charge is 0.465 e. The molecule has 0 radical (unpaired) electrons. The molecule has 0 heterocycles. The van der Waals surface area contributed by atoms with Gasteiger partial charge in [0.2, 0.25) is 0 Å². The van der Waals surface area contributed by atoms with E-state index in [4.69, 9.17) is 16.7 Å². The minimum atomic E-state index is -0.969. The van der Waals surface area contributed by atoms with E-state index in [0.717, 1.165) is 28.4 Å². The first kappa shape index (κ1) is 14.4. The van der Waals surface area contributed by atoms with E-state index in [2.05, 4.69) is 33.4 Å². The third kappa shape index (κ3) is 2.92. The Labute approximate surface area is 136 Å². The Bertz CT molecular complexity index is 717. The number of halogens is 2. The highest BCUT2D eigenvalue weighted by molar-refractivity contribution is 9.10. The summed E-state index contributed by atoms with van der Waals surface area (Å²) >= 11 is 9.77. The molecular formula is C16H13BrClNO2. The number of rotatable bonds is 2. The van der Waals surface area contributed by atoms with Crippen molar-refractivity contribution in [2.45, 2.75) is 18.9 Å². The predicted molar refractivity (Wildman–Crippen MR) is 86.9 cm³/mol. The SMILES string of the molecule is O=C(O)NC1Cc2ccc(-c3cccc(Br)c3Cl)cc2C1. The predicted octanol–water partition coefficient (Wildman–Crippen LogP) is 4.50. The molecule has 1 aliphatic carbocycles. The minimum absolute atomic E-state index is 0.0364. The summed E-state index contributed by atoms with van der Waals surface area (Å²) in [7, 11) is 0. The molecular weight excluding hydrogens is 354 g/mol. The van der Waals surface area contributed by atoms with Gasteiger partial charge in [-0.15, -0.1) is 0 Å². The lowest BCUT2D eigenvalue weighted by molar-refractivity contribution is 0.190. The Morgan fingerprint density at radius 1 is 1.24 bits per heavy atom. The molecule has 0 saturated carbocycles. The van der Waals surface area contributed by atoms with E-state index in [1.165, 1.54) is 11.1 Å². The fraction of sp³-hybridized carbons (Fsp3) is 0.188. The molecule has 0 aromatic heterocycles. The first-order chi connectivity index (χ1) is 10.0. The zero-order valence-electron chi connectivity index (χ0n) is 11.1. The zero-order valence-corrected chi connectivity index (χ0v) is 13.4. The normalized spacial score (nSPS) is 16.6. The first-order valence-electron chi connectivity index (χ1n) is 6.60. The number of fused-ring (bicyclic) bond motifs is 1. The molecule has 1 amide bonds. The third-order valence-electron chi connectivity index (χ3n) is 3.73. The van der Waals surface area contributed by atoms with Gasteiger partial charge in [0.15, 0.2) is 0 Å². The van der Waals surface area contributed by atoms with E-state index in [-0.39, 0.29) is 6.04 Å². The molecule has 0 spiro atoms. The van der Waals surface area contributed by atoms with Crippen LogP contribution in [0.2, 0.25) is 5.02 Å². The molecule has 0 saturated heterocycles. The summed E-state index contributed by atoms with van der Waals surface area (Å²) in [5.74, 6) is 0. The van der Waals surface area contributed by atoms with Crippen molar-refractivity contribution in [1.82, 2.24) is 5.32 Å². The molecule has 2 aromatic carbocycles. The van der Waals surface area contributed by atoms with E-state index in [1.54, 1.807) is 0 Å². The highest BCUT2D eigenvalue weighted by Gasteiger charge is 2.23. The van der Waals surface area contributed by atoms with Crippen LogP contribution in [0.1, 0.15) is 11.1 Å². The van der Waals surface area contributed by atoms with Gasteiger partial charge in [0.05, 0.1) is 5.02 Å². The van der Waals surface area contributed by atoms with Crippen LogP contribution in [0.25, 0.3) is 11.1 Å². The molecule has 21 heavy (non-hydrogen) atoms. The van der Waals surface area contributed by atoms with Gasteiger partial charge in [-0.05, 0) is 51.5 Å². The lowest BCUT2D eigenvalue weighted by atomic mass is 10.0. The third-order valence-corrected chi connectivity index (χ3v) is 5.03. The average Bonchev–Trinajstić information content (AvgIpc) is 2.82. The second-order valence-corrected chi connectivity index (χ2v) is 6.37. The van der Waals surface area contributed by atoms with Gasteiger partial charge in [-0.3, -0.25) is 0 Å². The topological polar surface area (TPSA) is 49.3 Å². The van der Waals surface area contributed by atoms with Crippen molar-refractivity contribution in [2.75, 3.05) is 0 Å². The summed E-state index contributed by atoms with van der Waals surface area (Å²) in [5.41, 5.74) is 4.41. The summed E-state index contributed by atoms with van der Waals surface area (Å²) in [6, 6.07) is 12.0. The molecule has 2 aromatic rings. The minimum Gasteiger partial charge on any atom is -0.465 e. The first-order valence-corrected chi connectivity index (χ1v) is 7.77. The van der Waals surface area contributed by atoms with Gasteiger partial charge in [0.25, 0.3) is 0 Å². The smallest absolute Gasteiger partial charge is 0.404 e. The lowest BCUT2D eigenvalue weighted by Gasteiger charge is -2.08. The maximum Gasteiger partial charge on any atom is 0.404 e. The van der Waals surface area contributed by atoms with Crippen molar-refractivity contribution >= 4 is 33.6 Å². The van der Waals surface area contributed by atoms with Crippen molar-refractivity contribution < 1.29 is 9.90 Å². The van der Waals surface area contributed by atoms with Crippen LogP contribution in [0, 0.1) is 0 Å². The summed E-state index contributed by atoms with van der Waals surface area (Å²) in [4.78, 5) is 10.7. The fourth-order valence-electron chi connectivity index (χ4n) is 2.79. The van der Waals surface area contributed by atoms with E-state index >= 15 is 0 Å². The molecule has 5 heteroatoms. The van der Waals surface area contributed by atoms with Gasteiger partial charge in [-0.1, -0.05) is 41.9 Å². The van der Waals surface area contributed by atoms with Crippen molar-refractivity contribution in [3.8, 4) is 11.1 Å². The highest BCUT2D eigenvalue weighted by Crippen LogP contribution is 2.35. The maximum absolute atomic E-state index is 10.7. The summed E-state index contributed by atoms with van der Waals surface area (Å²) in [6.45, 7) is 0. The second-order valence-electron chi connectivity index (χ2n) is 5.14. The maximum atomic E-state index is 10.7. The van der Waals surface area contributed by atoms with Gasteiger partial charge in [-0.2, -0.15) is 0 Å². The zero-order chi connectivity index (χ0) is 15.0.